The number of nitrogens with zero attached hydrogens (tertiary/aromatic N) is 2. The molecule has 0 radical (unpaired) electrons. The molecule has 0 bridgehead atoms. The Morgan fingerprint density at radius 1 is 1.21 bits per heavy atom. The average Bonchev–Trinajstić information content (AvgIpc) is 2.63. The van der Waals surface area contributed by atoms with Crippen molar-refractivity contribution in [3.63, 3.8) is 0 Å². The van der Waals surface area contributed by atoms with E-state index in [4.69, 9.17) is 17.2 Å². The number of carbonyl (C=O) groups excluding carboxylic acids is 1. The summed E-state index contributed by atoms with van der Waals surface area (Å²) in [5.74, 6) is 0.155. The second-order valence-corrected chi connectivity index (χ2v) is 9.44. The van der Waals surface area contributed by atoms with Crippen molar-refractivity contribution >= 4 is 23.0 Å². The molecule has 0 atom stereocenters. The topological polar surface area (TPSA) is 33.2 Å². The van der Waals surface area contributed by atoms with Gasteiger partial charge in [0, 0.05) is 25.2 Å². The zero-order chi connectivity index (χ0) is 21.4. The number of carbonyl (C=O) groups is 1. The Morgan fingerprint density at radius 3 is 2.38 bits per heavy atom. The molecule has 0 unspecified atom stereocenters. The molecule has 0 aromatic carbocycles. The predicted molar refractivity (Wildman–Crippen MR) is 111 cm³/mol. The summed E-state index contributed by atoms with van der Waals surface area (Å²) in [5.41, 5.74) is 0.521. The largest absolute Gasteiger partial charge is 0.397 e. The van der Waals surface area contributed by atoms with Crippen molar-refractivity contribution in [3.05, 3.63) is 29.1 Å². The van der Waals surface area contributed by atoms with E-state index in [1.807, 2.05) is 19.1 Å². The molecule has 7 heteroatoms. The van der Waals surface area contributed by atoms with E-state index >= 15 is 0 Å². The number of alkyl halides is 3. The molecule has 1 aliphatic carbocycles. The average molecular weight is 427 g/mol. The standard InChI is InChI=1S/C22H29F3N2OS/c1-15-7-8-17(19(26-15)21(16(2)28)11-5-4-6-12-21)9-10-18(29)27-13-20(3,14-27)22(23,24)25/h7-8H,4-6,9-14H2,1-3H3. The molecule has 3 nitrogen and oxygen atoms in total. The number of hydrogen-bond acceptors (Lipinski definition) is 3. The second-order valence-electron chi connectivity index (χ2n) is 8.97. The van der Waals surface area contributed by atoms with Crippen molar-refractivity contribution in [1.29, 1.82) is 0 Å². The van der Waals surface area contributed by atoms with Crippen LogP contribution >= 0.6 is 12.2 Å². The van der Waals surface area contributed by atoms with Crippen molar-refractivity contribution in [2.24, 2.45) is 5.41 Å². The third-order valence-electron chi connectivity index (χ3n) is 6.68. The Morgan fingerprint density at radius 2 is 1.83 bits per heavy atom. The van der Waals surface area contributed by atoms with Crippen molar-refractivity contribution < 1.29 is 18.0 Å². The summed E-state index contributed by atoms with van der Waals surface area (Å²) in [6, 6.07) is 3.94. The van der Waals surface area contributed by atoms with Crippen LogP contribution in [0.2, 0.25) is 0 Å². The number of rotatable bonds is 5. The van der Waals surface area contributed by atoms with Crippen LogP contribution in [0.15, 0.2) is 12.1 Å². The first-order valence-corrected chi connectivity index (χ1v) is 10.7. The van der Waals surface area contributed by atoms with Gasteiger partial charge in [-0.3, -0.25) is 9.78 Å². The minimum absolute atomic E-state index is 0.0777. The summed E-state index contributed by atoms with van der Waals surface area (Å²) in [4.78, 5) is 19.6. The number of thiocarbonyl (C=S) groups is 1. The van der Waals surface area contributed by atoms with Gasteiger partial charge in [0.15, 0.2) is 0 Å². The molecule has 1 aromatic heterocycles. The van der Waals surface area contributed by atoms with E-state index in [9.17, 15) is 18.0 Å². The van der Waals surface area contributed by atoms with Crippen LogP contribution in [0.25, 0.3) is 0 Å². The smallest absolute Gasteiger partial charge is 0.364 e. The minimum atomic E-state index is -4.21. The van der Waals surface area contributed by atoms with Crippen LogP contribution in [0.3, 0.4) is 0 Å². The highest BCUT2D eigenvalue weighted by Crippen LogP contribution is 2.45. The third kappa shape index (κ3) is 4.21. The number of Topliss-reactive ketones (excluding diaryl/α,β-unsaturated/α-hetero) is 1. The Bertz CT molecular complexity index is 794. The molecular formula is C22H29F3N2OS. The van der Waals surface area contributed by atoms with Crippen LogP contribution in [0, 0.1) is 12.3 Å². The highest BCUT2D eigenvalue weighted by molar-refractivity contribution is 7.80. The van der Waals surface area contributed by atoms with Gasteiger partial charge in [-0.1, -0.05) is 37.5 Å². The summed E-state index contributed by atoms with van der Waals surface area (Å²) < 4.78 is 39.2. The maximum absolute atomic E-state index is 13.1. The van der Waals surface area contributed by atoms with Gasteiger partial charge in [-0.2, -0.15) is 13.2 Å². The molecule has 160 valence electrons. The number of aromatic nitrogens is 1. The van der Waals surface area contributed by atoms with Gasteiger partial charge in [0.2, 0.25) is 0 Å². The van der Waals surface area contributed by atoms with Gasteiger partial charge in [-0.25, -0.2) is 0 Å². The number of halogens is 3. The van der Waals surface area contributed by atoms with E-state index in [0.29, 0.717) is 17.8 Å². The maximum Gasteiger partial charge on any atom is 0.397 e. The fourth-order valence-corrected chi connectivity index (χ4v) is 4.90. The van der Waals surface area contributed by atoms with E-state index in [0.717, 1.165) is 49.1 Å². The Labute approximate surface area is 176 Å². The SMILES string of the molecule is CC(=O)C1(c2nc(C)ccc2CCC(=S)N2CC(C)(C(F)(F)F)C2)CCCCC1. The molecule has 3 rings (SSSR count). The molecule has 1 saturated heterocycles. The monoisotopic (exact) mass is 426 g/mol. The molecule has 1 saturated carbocycles. The Kier molecular flexibility index (Phi) is 6.10. The molecule has 2 aliphatic rings. The fraction of sp³-hybridized carbons (Fsp3) is 0.682. The van der Waals surface area contributed by atoms with Gasteiger partial charge in [0.25, 0.3) is 0 Å². The highest BCUT2D eigenvalue weighted by atomic mass is 32.1. The van der Waals surface area contributed by atoms with Crippen LogP contribution in [0.5, 0.6) is 0 Å². The second kappa shape index (κ2) is 7.97. The van der Waals surface area contributed by atoms with E-state index in [2.05, 4.69) is 0 Å². The van der Waals surface area contributed by atoms with Gasteiger partial charge >= 0.3 is 6.18 Å². The first kappa shape index (κ1) is 22.2. The van der Waals surface area contributed by atoms with Crippen LogP contribution in [0.1, 0.15) is 69.3 Å². The van der Waals surface area contributed by atoms with Gasteiger partial charge in [0.1, 0.15) is 5.78 Å². The molecule has 0 spiro atoms. The number of likely N-dealkylation sites (tertiary alicyclic amines) is 1. The lowest BCUT2D eigenvalue weighted by Crippen LogP contribution is -2.63. The molecule has 2 heterocycles. The molecule has 0 amide bonds. The predicted octanol–water partition coefficient (Wildman–Crippen LogP) is 5.33. The molecule has 2 fully saturated rings. The summed E-state index contributed by atoms with van der Waals surface area (Å²) >= 11 is 5.43. The molecule has 1 aromatic rings. The minimum Gasteiger partial charge on any atom is -0.364 e. The first-order chi connectivity index (χ1) is 13.5. The van der Waals surface area contributed by atoms with Crippen LogP contribution in [-0.4, -0.2) is 39.9 Å². The van der Waals surface area contributed by atoms with Gasteiger partial charge in [-0.15, -0.1) is 0 Å². The number of ketones is 1. The molecule has 1 aliphatic heterocycles. The lowest BCUT2D eigenvalue weighted by atomic mass is 9.67. The van der Waals surface area contributed by atoms with Gasteiger partial charge in [0.05, 0.1) is 21.5 Å². The molecule has 29 heavy (non-hydrogen) atoms. The van der Waals surface area contributed by atoms with Crippen molar-refractivity contribution in [2.75, 3.05) is 13.1 Å². The first-order valence-electron chi connectivity index (χ1n) is 10.3. The normalized spacial score (nSPS) is 20.8. The van der Waals surface area contributed by atoms with E-state index in [1.165, 1.54) is 6.92 Å². The highest BCUT2D eigenvalue weighted by Gasteiger charge is 2.58. The Balaban J connectivity index is 1.74. The summed E-state index contributed by atoms with van der Waals surface area (Å²) in [6.45, 7) is 4.67. The quantitative estimate of drug-likeness (QED) is 0.596. The lowest BCUT2D eigenvalue weighted by Gasteiger charge is -2.50. The summed E-state index contributed by atoms with van der Waals surface area (Å²) in [6.07, 6.45) is 1.66. The number of hydrogen-bond donors (Lipinski definition) is 0. The van der Waals surface area contributed by atoms with Crippen molar-refractivity contribution in [1.82, 2.24) is 9.88 Å². The van der Waals surface area contributed by atoms with E-state index in [1.54, 1.807) is 11.8 Å². The molecular weight excluding hydrogens is 397 g/mol. The maximum atomic E-state index is 13.1. The summed E-state index contributed by atoms with van der Waals surface area (Å²) in [7, 11) is 0. The van der Waals surface area contributed by atoms with Crippen molar-refractivity contribution in [3.8, 4) is 0 Å². The van der Waals surface area contributed by atoms with E-state index in [-0.39, 0.29) is 18.9 Å². The lowest BCUT2D eigenvalue weighted by molar-refractivity contribution is -0.250. The molecule has 0 N–H and O–H groups in total. The number of aryl methyl sites for hydroxylation is 2. The summed E-state index contributed by atoms with van der Waals surface area (Å²) in [5, 5.41) is 0. The van der Waals surface area contributed by atoms with E-state index < -0.39 is 17.0 Å². The zero-order valence-corrected chi connectivity index (χ0v) is 18.2. The van der Waals surface area contributed by atoms with Gasteiger partial charge in [-0.05, 0) is 51.7 Å². The fourth-order valence-electron chi connectivity index (χ4n) is 4.66. The zero-order valence-electron chi connectivity index (χ0n) is 17.4. The van der Waals surface area contributed by atoms with Gasteiger partial charge < -0.3 is 4.90 Å². The van der Waals surface area contributed by atoms with Crippen LogP contribution in [-0.2, 0) is 16.6 Å². The third-order valence-corrected chi connectivity index (χ3v) is 7.14. The Hall–Kier alpha value is -1.50. The van der Waals surface area contributed by atoms with Crippen molar-refractivity contribution in [2.45, 2.75) is 77.3 Å². The number of pyridine rings is 1. The van der Waals surface area contributed by atoms with Crippen LogP contribution in [0.4, 0.5) is 13.2 Å². The van der Waals surface area contributed by atoms with Crippen LogP contribution < -0.4 is 0 Å².